The molecule has 0 bridgehead atoms. The van der Waals surface area contributed by atoms with E-state index in [1.54, 1.807) is 0 Å². The molecule has 1 saturated carbocycles. The van der Waals surface area contributed by atoms with Crippen LogP contribution in [0.15, 0.2) is 0 Å². The van der Waals surface area contributed by atoms with E-state index in [-0.39, 0.29) is 23.7 Å². The van der Waals surface area contributed by atoms with Crippen LogP contribution < -0.4 is 11.1 Å². The maximum Gasteiger partial charge on any atom is 0.246 e. The normalized spacial score (nSPS) is 27.6. The summed E-state index contributed by atoms with van der Waals surface area (Å²) in [6, 6.07) is 0. The number of carbonyl (C=O) groups excluding carboxylic acids is 1. The van der Waals surface area contributed by atoms with Crippen LogP contribution in [0.4, 0.5) is 0 Å². The van der Waals surface area contributed by atoms with Gasteiger partial charge in [0.2, 0.25) is 5.91 Å². The fraction of sp³-hybridized carbons (Fsp3) is 0.938. The fourth-order valence-electron chi connectivity index (χ4n) is 2.91. The first-order valence-electron chi connectivity index (χ1n) is 7.82. The average Bonchev–Trinajstić information content (AvgIpc) is 2.35. The number of carbonyl (C=O) groups is 1. The van der Waals surface area contributed by atoms with E-state index in [0.717, 1.165) is 37.5 Å². The van der Waals surface area contributed by atoms with Crippen LogP contribution in [0.25, 0.3) is 0 Å². The lowest BCUT2D eigenvalue weighted by atomic mass is 9.74. The number of amides is 1. The Morgan fingerprint density at radius 2 is 1.90 bits per heavy atom. The summed E-state index contributed by atoms with van der Waals surface area (Å²) in [6.07, 6.45) is 4.23. The maximum atomic E-state index is 11.9. The molecule has 4 heteroatoms. The summed E-state index contributed by atoms with van der Waals surface area (Å²) in [5.41, 5.74) is 5.41. The van der Waals surface area contributed by atoms with Crippen molar-refractivity contribution in [3.05, 3.63) is 0 Å². The van der Waals surface area contributed by atoms with E-state index in [2.05, 4.69) is 19.2 Å². The highest BCUT2D eigenvalue weighted by Crippen LogP contribution is 2.37. The zero-order chi connectivity index (χ0) is 15.4. The quantitative estimate of drug-likeness (QED) is 0.815. The number of hydrogen-bond donors (Lipinski definition) is 2. The molecule has 20 heavy (non-hydrogen) atoms. The minimum Gasteiger partial charge on any atom is -0.364 e. The summed E-state index contributed by atoms with van der Waals surface area (Å²) < 4.78 is 5.92. The van der Waals surface area contributed by atoms with Crippen LogP contribution in [-0.4, -0.2) is 30.2 Å². The Labute approximate surface area is 123 Å². The van der Waals surface area contributed by atoms with Crippen molar-refractivity contribution in [3.63, 3.8) is 0 Å². The Morgan fingerprint density at radius 3 is 2.30 bits per heavy atom. The van der Waals surface area contributed by atoms with Crippen molar-refractivity contribution in [3.8, 4) is 0 Å². The van der Waals surface area contributed by atoms with Crippen molar-refractivity contribution >= 4 is 5.91 Å². The lowest BCUT2D eigenvalue weighted by Gasteiger charge is -2.40. The van der Waals surface area contributed by atoms with Gasteiger partial charge < -0.3 is 15.8 Å². The third-order valence-corrected chi connectivity index (χ3v) is 4.28. The average molecular weight is 284 g/mol. The molecule has 1 aliphatic rings. The minimum absolute atomic E-state index is 0.0590. The molecule has 3 N–H and O–H groups in total. The van der Waals surface area contributed by atoms with Crippen molar-refractivity contribution in [1.82, 2.24) is 5.32 Å². The van der Waals surface area contributed by atoms with Crippen molar-refractivity contribution in [2.24, 2.45) is 17.6 Å². The molecule has 0 saturated heterocycles. The number of rotatable bonds is 5. The molecule has 1 fully saturated rings. The smallest absolute Gasteiger partial charge is 0.246 e. The predicted octanol–water partition coefficient (Wildman–Crippen LogP) is 2.46. The first-order valence-corrected chi connectivity index (χ1v) is 7.82. The van der Waals surface area contributed by atoms with Crippen molar-refractivity contribution < 1.29 is 9.53 Å². The highest BCUT2D eigenvalue weighted by Gasteiger charge is 2.36. The van der Waals surface area contributed by atoms with Gasteiger partial charge in [-0.25, -0.2) is 0 Å². The van der Waals surface area contributed by atoms with Gasteiger partial charge in [-0.1, -0.05) is 13.8 Å². The van der Waals surface area contributed by atoms with E-state index in [0.29, 0.717) is 6.54 Å². The second-order valence-corrected chi connectivity index (χ2v) is 7.56. The molecular formula is C16H32N2O2. The Balaban J connectivity index is 2.46. The third-order valence-electron chi connectivity index (χ3n) is 4.28. The number of ether oxygens (including phenoxy) is 1. The van der Waals surface area contributed by atoms with Crippen LogP contribution in [0.5, 0.6) is 0 Å². The van der Waals surface area contributed by atoms with Gasteiger partial charge in [-0.05, 0) is 58.3 Å². The summed E-state index contributed by atoms with van der Waals surface area (Å²) in [5, 5.41) is 2.92. The molecule has 0 heterocycles. The van der Waals surface area contributed by atoms with E-state index in [4.69, 9.17) is 10.5 Å². The number of nitrogens with two attached hydrogens (primary N) is 1. The molecule has 0 atom stereocenters. The van der Waals surface area contributed by atoms with Gasteiger partial charge in [-0.3, -0.25) is 4.79 Å². The predicted molar refractivity (Wildman–Crippen MR) is 82.4 cm³/mol. The summed E-state index contributed by atoms with van der Waals surface area (Å²) in [5.74, 6) is 1.42. The van der Waals surface area contributed by atoms with Gasteiger partial charge in [0.15, 0.2) is 0 Å². The lowest BCUT2D eigenvalue weighted by molar-refractivity contribution is -0.138. The first-order chi connectivity index (χ1) is 9.17. The van der Waals surface area contributed by atoms with Crippen molar-refractivity contribution in [2.45, 2.75) is 71.4 Å². The van der Waals surface area contributed by atoms with Crippen molar-refractivity contribution in [1.29, 1.82) is 0 Å². The van der Waals surface area contributed by atoms with E-state index in [1.165, 1.54) is 0 Å². The third kappa shape index (κ3) is 5.41. The van der Waals surface area contributed by atoms with Gasteiger partial charge in [0, 0.05) is 12.1 Å². The van der Waals surface area contributed by atoms with Crippen LogP contribution in [0, 0.1) is 11.8 Å². The van der Waals surface area contributed by atoms with Crippen LogP contribution in [0.1, 0.15) is 60.3 Å². The Hall–Kier alpha value is -0.610. The SMILES string of the molecule is CC(C)C1CCC(CN)(OCC(=O)NC(C)(C)C)CC1. The molecule has 0 aromatic carbocycles. The lowest BCUT2D eigenvalue weighted by Crippen LogP contribution is -2.48. The highest BCUT2D eigenvalue weighted by molar-refractivity contribution is 5.77. The maximum absolute atomic E-state index is 11.9. The van der Waals surface area contributed by atoms with E-state index < -0.39 is 0 Å². The van der Waals surface area contributed by atoms with Gasteiger partial charge in [0.1, 0.15) is 6.61 Å². The largest absolute Gasteiger partial charge is 0.364 e. The van der Waals surface area contributed by atoms with Crippen LogP contribution in [0.2, 0.25) is 0 Å². The van der Waals surface area contributed by atoms with Crippen LogP contribution >= 0.6 is 0 Å². The molecule has 0 unspecified atom stereocenters. The standard InChI is InChI=1S/C16H32N2O2/c1-12(2)13-6-8-16(11-17,9-7-13)20-10-14(19)18-15(3,4)5/h12-13H,6-11,17H2,1-5H3,(H,18,19). The molecule has 1 rings (SSSR count). The van der Waals surface area contributed by atoms with E-state index >= 15 is 0 Å². The highest BCUT2D eigenvalue weighted by atomic mass is 16.5. The van der Waals surface area contributed by atoms with Crippen LogP contribution in [0.3, 0.4) is 0 Å². The Bertz CT molecular complexity index is 313. The fourth-order valence-corrected chi connectivity index (χ4v) is 2.91. The molecule has 0 spiro atoms. The number of hydrogen-bond acceptors (Lipinski definition) is 3. The summed E-state index contributed by atoms with van der Waals surface area (Å²) in [4.78, 5) is 11.9. The molecule has 0 radical (unpaired) electrons. The van der Waals surface area contributed by atoms with Gasteiger partial charge in [0.25, 0.3) is 0 Å². The molecule has 118 valence electrons. The molecule has 1 amide bonds. The topological polar surface area (TPSA) is 64.3 Å². The summed E-state index contributed by atoms with van der Waals surface area (Å²) in [7, 11) is 0. The zero-order valence-corrected chi connectivity index (χ0v) is 13.8. The molecular weight excluding hydrogens is 252 g/mol. The monoisotopic (exact) mass is 284 g/mol. The minimum atomic E-state index is -0.291. The molecule has 1 aliphatic carbocycles. The Morgan fingerprint density at radius 1 is 1.35 bits per heavy atom. The second-order valence-electron chi connectivity index (χ2n) is 7.56. The zero-order valence-electron chi connectivity index (χ0n) is 13.8. The van der Waals surface area contributed by atoms with E-state index in [1.807, 2.05) is 20.8 Å². The van der Waals surface area contributed by atoms with Gasteiger partial charge >= 0.3 is 0 Å². The first kappa shape index (κ1) is 17.4. The van der Waals surface area contributed by atoms with Gasteiger partial charge in [-0.15, -0.1) is 0 Å². The van der Waals surface area contributed by atoms with Crippen LogP contribution in [-0.2, 0) is 9.53 Å². The molecule has 4 nitrogen and oxygen atoms in total. The summed E-state index contributed by atoms with van der Waals surface area (Å²) in [6.45, 7) is 11.1. The van der Waals surface area contributed by atoms with Gasteiger partial charge in [0.05, 0.1) is 5.60 Å². The van der Waals surface area contributed by atoms with Crippen molar-refractivity contribution in [2.75, 3.05) is 13.2 Å². The molecule has 0 aromatic rings. The van der Waals surface area contributed by atoms with Gasteiger partial charge in [-0.2, -0.15) is 0 Å². The van der Waals surface area contributed by atoms with E-state index in [9.17, 15) is 4.79 Å². The Kier molecular flexibility index (Phi) is 6.02. The molecule has 0 aliphatic heterocycles. The second kappa shape index (κ2) is 6.90. The molecule has 0 aromatic heterocycles. The number of nitrogens with one attached hydrogen (secondary N) is 1. The summed E-state index contributed by atoms with van der Waals surface area (Å²) >= 11 is 0.